The van der Waals surface area contributed by atoms with Crippen LogP contribution in [0.4, 0.5) is 5.69 Å². The van der Waals surface area contributed by atoms with Crippen LogP contribution < -0.4 is 0 Å². The van der Waals surface area contributed by atoms with Crippen molar-refractivity contribution in [2.45, 2.75) is 46.0 Å². The Hall–Kier alpha value is -3.50. The minimum atomic E-state index is -1.83. The number of nitro groups is 1. The highest BCUT2D eigenvalue weighted by atomic mass is 16.6. The Kier molecular flexibility index (Phi) is 4.99. The molecule has 146 valence electrons. The van der Waals surface area contributed by atoms with Crippen molar-refractivity contribution in [3.63, 3.8) is 0 Å². The van der Waals surface area contributed by atoms with E-state index in [1.807, 2.05) is 25.1 Å². The maximum absolute atomic E-state index is 11.7. The van der Waals surface area contributed by atoms with E-state index in [1.54, 1.807) is 19.9 Å². The summed E-state index contributed by atoms with van der Waals surface area (Å²) in [5.41, 5.74) is 0.999. The molecule has 0 spiro atoms. The van der Waals surface area contributed by atoms with Gasteiger partial charge in [0.1, 0.15) is 5.92 Å². The molecule has 2 aliphatic rings. The molecule has 0 aromatic heterocycles. The normalized spacial score (nSPS) is 25.0. The lowest BCUT2D eigenvalue weighted by molar-refractivity contribution is -0.386. The smallest absolute Gasteiger partial charge is 0.275 e. The summed E-state index contributed by atoms with van der Waals surface area (Å²) in [5.74, 6) is -1.90. The molecule has 0 heterocycles. The number of allylic oxidation sites excluding steroid dienone is 2. The maximum atomic E-state index is 11.7. The molecule has 1 aromatic rings. The Balaban J connectivity index is 2.41. The third-order valence-corrected chi connectivity index (χ3v) is 6.41. The molecule has 1 N–H and O–H groups in total. The zero-order chi connectivity index (χ0) is 21.5. The quantitative estimate of drug-likeness (QED) is 0.451. The second-order valence-corrected chi connectivity index (χ2v) is 7.88. The second-order valence-electron chi connectivity index (χ2n) is 7.88. The minimum absolute atomic E-state index is 0.0225. The molecule has 29 heavy (non-hydrogen) atoms. The molecule has 1 aromatic carbocycles. The molecule has 7 heteroatoms. The van der Waals surface area contributed by atoms with E-state index in [0.717, 1.165) is 24.0 Å². The van der Waals surface area contributed by atoms with Crippen LogP contribution in [0.2, 0.25) is 0 Å². The fraction of sp³-hybridized carbons (Fsp3) is 0.455. The lowest BCUT2D eigenvalue weighted by Gasteiger charge is -2.46. The van der Waals surface area contributed by atoms with Gasteiger partial charge in [0.2, 0.25) is 0 Å². The van der Waals surface area contributed by atoms with Crippen LogP contribution in [0.3, 0.4) is 0 Å². The molecule has 1 fully saturated rings. The Labute approximate surface area is 169 Å². The lowest BCUT2D eigenvalue weighted by atomic mass is 9.52. The molecule has 3 rings (SSSR count). The zero-order valence-corrected chi connectivity index (χ0v) is 16.6. The van der Waals surface area contributed by atoms with E-state index >= 15 is 0 Å². The van der Waals surface area contributed by atoms with Crippen molar-refractivity contribution in [3.8, 4) is 18.2 Å². The number of rotatable bonds is 2. The van der Waals surface area contributed by atoms with Crippen molar-refractivity contribution in [1.29, 1.82) is 21.2 Å². The molecular weight excluding hydrogens is 366 g/mol. The van der Waals surface area contributed by atoms with Gasteiger partial charge >= 0.3 is 0 Å². The van der Waals surface area contributed by atoms with Gasteiger partial charge in [0.25, 0.3) is 5.69 Å². The van der Waals surface area contributed by atoms with Crippen molar-refractivity contribution in [2.75, 3.05) is 0 Å². The predicted molar refractivity (Wildman–Crippen MR) is 106 cm³/mol. The van der Waals surface area contributed by atoms with Gasteiger partial charge in [-0.15, -0.1) is 0 Å². The van der Waals surface area contributed by atoms with Gasteiger partial charge in [0, 0.05) is 17.0 Å². The molecule has 0 saturated heterocycles. The van der Waals surface area contributed by atoms with Gasteiger partial charge in [0.05, 0.1) is 28.8 Å². The van der Waals surface area contributed by atoms with E-state index in [4.69, 9.17) is 5.41 Å². The van der Waals surface area contributed by atoms with E-state index in [-0.39, 0.29) is 17.3 Å². The van der Waals surface area contributed by atoms with E-state index < -0.39 is 22.2 Å². The standard InChI is InChI=1S/C22H21N5O2/c1-12-8-13(2)20(27(28)29)14(3)18(12)19-16-7-5-4-6-15(16)17(9-23)21(26)22(19,10-24)11-25/h6,8,16-17,19,26H,4-5,7H2,1-3H3/t16-,17+,19+/m1/s1. The van der Waals surface area contributed by atoms with Crippen LogP contribution in [0.1, 0.15) is 47.4 Å². The summed E-state index contributed by atoms with van der Waals surface area (Å²) < 4.78 is 0. The number of fused-ring (bicyclic) bond motifs is 1. The van der Waals surface area contributed by atoms with Gasteiger partial charge in [-0.3, -0.25) is 10.1 Å². The van der Waals surface area contributed by atoms with Crippen molar-refractivity contribution in [1.82, 2.24) is 0 Å². The van der Waals surface area contributed by atoms with Crippen LogP contribution in [0, 0.1) is 87.5 Å². The summed E-state index contributed by atoms with van der Waals surface area (Å²) in [4.78, 5) is 11.3. The lowest BCUT2D eigenvalue weighted by Crippen LogP contribution is -2.49. The highest BCUT2D eigenvalue weighted by Gasteiger charge is 2.58. The van der Waals surface area contributed by atoms with Crippen LogP contribution in [0.25, 0.3) is 0 Å². The number of aryl methyl sites for hydroxylation is 2. The van der Waals surface area contributed by atoms with Gasteiger partial charge in [-0.1, -0.05) is 6.08 Å². The third-order valence-electron chi connectivity index (χ3n) is 6.41. The van der Waals surface area contributed by atoms with E-state index in [0.29, 0.717) is 23.1 Å². The topological polar surface area (TPSA) is 138 Å². The van der Waals surface area contributed by atoms with Gasteiger partial charge in [-0.2, -0.15) is 15.8 Å². The van der Waals surface area contributed by atoms with Crippen LogP contribution >= 0.6 is 0 Å². The zero-order valence-electron chi connectivity index (χ0n) is 16.6. The molecule has 0 amide bonds. The predicted octanol–water partition coefficient (Wildman–Crippen LogP) is 4.54. The first-order valence-corrected chi connectivity index (χ1v) is 9.51. The number of nitrogens with one attached hydrogen (secondary N) is 1. The minimum Gasteiger partial charge on any atom is -0.305 e. The first kappa shape index (κ1) is 20.2. The van der Waals surface area contributed by atoms with Crippen LogP contribution in [-0.2, 0) is 0 Å². The third kappa shape index (κ3) is 2.72. The maximum Gasteiger partial charge on any atom is 0.275 e. The Morgan fingerprint density at radius 1 is 1.21 bits per heavy atom. The number of hydrogen-bond donors (Lipinski definition) is 1. The summed E-state index contributed by atoms with van der Waals surface area (Å²) in [5, 5.41) is 50.2. The van der Waals surface area contributed by atoms with Gasteiger partial charge < -0.3 is 5.41 Å². The summed E-state index contributed by atoms with van der Waals surface area (Å²) in [6.45, 7) is 5.15. The number of nitriles is 3. The van der Waals surface area contributed by atoms with Gasteiger partial charge in [0.15, 0.2) is 5.41 Å². The van der Waals surface area contributed by atoms with Crippen molar-refractivity contribution in [3.05, 3.63) is 50.1 Å². The molecule has 0 unspecified atom stereocenters. The molecule has 3 atom stereocenters. The fourth-order valence-electron chi connectivity index (χ4n) is 5.27. The van der Waals surface area contributed by atoms with Gasteiger partial charge in [-0.05, 0) is 68.7 Å². The van der Waals surface area contributed by atoms with Crippen LogP contribution in [-0.4, -0.2) is 10.6 Å². The van der Waals surface area contributed by atoms with Crippen molar-refractivity contribution in [2.24, 2.45) is 17.3 Å². The molecule has 0 radical (unpaired) electrons. The first-order valence-electron chi connectivity index (χ1n) is 9.51. The molecule has 2 aliphatic carbocycles. The SMILES string of the molecule is Cc1cc(C)c([N+](=O)[O-])c(C)c1[C@@H]1[C@@H]2CCCC=C2[C@H](C#N)C(=N)C1(C#N)C#N. The molecule has 0 bridgehead atoms. The van der Waals surface area contributed by atoms with Crippen LogP contribution in [0.15, 0.2) is 17.7 Å². The molecular formula is C22H21N5O2. The summed E-state index contributed by atoms with van der Waals surface area (Å²) >= 11 is 0. The largest absolute Gasteiger partial charge is 0.305 e. The number of hydrogen-bond acceptors (Lipinski definition) is 6. The van der Waals surface area contributed by atoms with Crippen molar-refractivity contribution < 1.29 is 4.92 Å². The Bertz CT molecular complexity index is 1070. The molecule has 0 aliphatic heterocycles. The van der Waals surface area contributed by atoms with Gasteiger partial charge in [-0.25, -0.2) is 0 Å². The highest BCUT2D eigenvalue weighted by Crippen LogP contribution is 2.56. The second kappa shape index (κ2) is 7.15. The molecule has 7 nitrogen and oxygen atoms in total. The van der Waals surface area contributed by atoms with E-state index in [1.165, 1.54) is 0 Å². The van der Waals surface area contributed by atoms with Crippen molar-refractivity contribution >= 4 is 11.4 Å². The Morgan fingerprint density at radius 2 is 1.86 bits per heavy atom. The van der Waals surface area contributed by atoms with Crippen LogP contribution in [0.5, 0.6) is 0 Å². The summed E-state index contributed by atoms with van der Waals surface area (Å²) in [6.07, 6.45) is 4.25. The summed E-state index contributed by atoms with van der Waals surface area (Å²) in [7, 11) is 0. The monoisotopic (exact) mass is 387 g/mol. The number of benzene rings is 1. The fourth-order valence-corrected chi connectivity index (χ4v) is 5.27. The highest BCUT2D eigenvalue weighted by molar-refractivity contribution is 6.01. The first-order chi connectivity index (χ1) is 13.7. The molecule has 1 saturated carbocycles. The number of nitro benzene ring substituents is 1. The Morgan fingerprint density at radius 3 is 2.41 bits per heavy atom. The van der Waals surface area contributed by atoms with E-state index in [9.17, 15) is 25.9 Å². The average Bonchev–Trinajstić information content (AvgIpc) is 2.68. The summed E-state index contributed by atoms with van der Waals surface area (Å²) in [6, 6.07) is 7.92. The average molecular weight is 387 g/mol. The number of nitrogens with zero attached hydrogens (tertiary/aromatic N) is 4. The van der Waals surface area contributed by atoms with E-state index in [2.05, 4.69) is 6.07 Å².